The van der Waals surface area contributed by atoms with Gasteiger partial charge in [0.05, 0.1) is 0 Å². The van der Waals surface area contributed by atoms with Crippen molar-refractivity contribution in [1.82, 2.24) is 0 Å². The lowest BCUT2D eigenvalue weighted by Crippen LogP contribution is -2.31. The first-order chi connectivity index (χ1) is 7.95. The average molecular weight is 240 g/mol. The van der Waals surface area contributed by atoms with Crippen LogP contribution in [0.4, 0.5) is 0 Å². The van der Waals surface area contributed by atoms with Crippen LogP contribution < -0.4 is 0 Å². The van der Waals surface area contributed by atoms with Gasteiger partial charge in [0.25, 0.3) is 0 Å². The van der Waals surface area contributed by atoms with Gasteiger partial charge in [-0.3, -0.25) is 0 Å². The van der Waals surface area contributed by atoms with Crippen LogP contribution in [0.5, 0.6) is 0 Å². The van der Waals surface area contributed by atoms with Crippen molar-refractivity contribution in [3.05, 3.63) is 12.2 Å². The molecule has 100 valence electrons. The Hall–Kier alpha value is -0.790. The normalized spacial score (nSPS) is 14.1. The predicted molar refractivity (Wildman–Crippen MR) is 73.0 cm³/mol. The highest BCUT2D eigenvalue weighted by Gasteiger charge is 2.27. The van der Waals surface area contributed by atoms with E-state index in [9.17, 15) is 4.79 Å². The first kappa shape index (κ1) is 16.2. The summed E-state index contributed by atoms with van der Waals surface area (Å²) in [5.74, 6) is -0.253. The number of carbonyl (C=O) groups excluding carboxylic acids is 1. The maximum atomic E-state index is 11.6. The highest BCUT2D eigenvalue weighted by molar-refractivity contribution is 5.87. The smallest absolute Gasteiger partial charge is 0.333 e. The van der Waals surface area contributed by atoms with Crippen LogP contribution in [0.3, 0.4) is 0 Å². The van der Waals surface area contributed by atoms with Gasteiger partial charge in [-0.2, -0.15) is 0 Å². The topological polar surface area (TPSA) is 26.3 Å². The molecule has 0 fully saturated rings. The second kappa shape index (κ2) is 8.32. The molecule has 1 atom stereocenters. The van der Waals surface area contributed by atoms with E-state index in [1.165, 1.54) is 19.3 Å². The van der Waals surface area contributed by atoms with Gasteiger partial charge in [-0.05, 0) is 33.1 Å². The van der Waals surface area contributed by atoms with Crippen LogP contribution in [-0.4, -0.2) is 11.6 Å². The van der Waals surface area contributed by atoms with Crippen LogP contribution in [-0.2, 0) is 9.53 Å². The number of hydrogen-bond donors (Lipinski definition) is 0. The minimum atomic E-state index is -0.307. The van der Waals surface area contributed by atoms with E-state index in [1.54, 1.807) is 6.92 Å². The lowest BCUT2D eigenvalue weighted by molar-refractivity contribution is -0.154. The molecule has 17 heavy (non-hydrogen) atoms. The van der Waals surface area contributed by atoms with Gasteiger partial charge in [-0.1, -0.05) is 46.1 Å². The Bertz CT molecular complexity index is 245. The summed E-state index contributed by atoms with van der Waals surface area (Å²) in [6.45, 7) is 11.7. The summed E-state index contributed by atoms with van der Waals surface area (Å²) in [5.41, 5.74) is 0.180. The van der Waals surface area contributed by atoms with Crippen molar-refractivity contribution in [2.45, 2.75) is 78.2 Å². The van der Waals surface area contributed by atoms with Gasteiger partial charge in [0.15, 0.2) is 0 Å². The van der Waals surface area contributed by atoms with E-state index >= 15 is 0 Å². The fourth-order valence-electron chi connectivity index (χ4n) is 1.99. The van der Waals surface area contributed by atoms with Crippen LogP contribution in [0.15, 0.2) is 12.2 Å². The fourth-order valence-corrected chi connectivity index (χ4v) is 1.99. The zero-order valence-electron chi connectivity index (χ0n) is 12.0. The monoisotopic (exact) mass is 240 g/mol. The summed E-state index contributed by atoms with van der Waals surface area (Å²) < 4.78 is 5.58. The fraction of sp³-hybridized carbons (Fsp3) is 0.800. The molecule has 0 aliphatic carbocycles. The molecule has 0 rings (SSSR count). The summed E-state index contributed by atoms with van der Waals surface area (Å²) in [5, 5.41) is 0. The summed E-state index contributed by atoms with van der Waals surface area (Å²) >= 11 is 0. The summed E-state index contributed by atoms with van der Waals surface area (Å²) in [4.78, 5) is 11.6. The van der Waals surface area contributed by atoms with Crippen molar-refractivity contribution >= 4 is 5.97 Å². The molecule has 0 aromatic heterocycles. The van der Waals surface area contributed by atoms with E-state index in [0.717, 1.165) is 25.7 Å². The quantitative estimate of drug-likeness (QED) is 0.333. The van der Waals surface area contributed by atoms with Gasteiger partial charge < -0.3 is 4.74 Å². The van der Waals surface area contributed by atoms with Gasteiger partial charge in [0.2, 0.25) is 0 Å². The minimum Gasteiger partial charge on any atom is -0.456 e. The molecule has 0 aliphatic rings. The summed E-state index contributed by atoms with van der Waals surface area (Å²) in [6.07, 6.45) is 7.77. The van der Waals surface area contributed by atoms with E-state index in [2.05, 4.69) is 20.4 Å². The van der Waals surface area contributed by atoms with E-state index in [-0.39, 0.29) is 11.6 Å². The third-order valence-electron chi connectivity index (χ3n) is 3.03. The number of unbranched alkanes of at least 4 members (excludes halogenated alkanes) is 3. The van der Waals surface area contributed by atoms with Gasteiger partial charge in [0.1, 0.15) is 5.60 Å². The number of carbonyl (C=O) groups is 1. The van der Waals surface area contributed by atoms with Crippen molar-refractivity contribution in [2.75, 3.05) is 0 Å². The Morgan fingerprint density at radius 2 is 1.76 bits per heavy atom. The van der Waals surface area contributed by atoms with Crippen molar-refractivity contribution in [3.63, 3.8) is 0 Å². The highest BCUT2D eigenvalue weighted by atomic mass is 16.6. The number of rotatable bonds is 9. The van der Waals surface area contributed by atoms with E-state index < -0.39 is 0 Å². The SMILES string of the molecule is C=C(C)C(=O)OC(C)(CCC)CCCCCC. The maximum Gasteiger partial charge on any atom is 0.333 e. The molecule has 2 heteroatoms. The molecular weight excluding hydrogens is 212 g/mol. The van der Waals surface area contributed by atoms with E-state index in [1.807, 2.05) is 6.92 Å². The Labute approximate surface area is 106 Å². The van der Waals surface area contributed by atoms with Crippen LogP contribution >= 0.6 is 0 Å². The lowest BCUT2D eigenvalue weighted by atomic mass is 9.93. The molecule has 1 unspecified atom stereocenters. The molecule has 0 aliphatic heterocycles. The Kier molecular flexibility index (Phi) is 7.94. The predicted octanol–water partition coefficient (Wildman–Crippen LogP) is 4.63. The summed E-state index contributed by atoms with van der Waals surface area (Å²) in [7, 11) is 0. The molecule has 0 aromatic carbocycles. The van der Waals surface area contributed by atoms with Gasteiger partial charge >= 0.3 is 5.97 Å². The molecular formula is C15H28O2. The molecule has 0 radical (unpaired) electrons. The molecule has 0 saturated heterocycles. The van der Waals surface area contributed by atoms with Gasteiger partial charge in [-0.15, -0.1) is 0 Å². The zero-order chi connectivity index (χ0) is 13.3. The second-order valence-electron chi connectivity index (χ2n) is 5.18. The Balaban J connectivity index is 4.24. The Morgan fingerprint density at radius 3 is 2.24 bits per heavy atom. The number of esters is 1. The van der Waals surface area contributed by atoms with Crippen LogP contribution in [0, 0.1) is 0 Å². The van der Waals surface area contributed by atoms with Crippen LogP contribution in [0.25, 0.3) is 0 Å². The first-order valence-corrected chi connectivity index (χ1v) is 6.84. The largest absolute Gasteiger partial charge is 0.456 e. The van der Waals surface area contributed by atoms with Gasteiger partial charge in [-0.25, -0.2) is 4.79 Å². The molecule has 0 bridgehead atoms. The van der Waals surface area contributed by atoms with Crippen LogP contribution in [0.1, 0.15) is 72.6 Å². The third kappa shape index (κ3) is 7.19. The van der Waals surface area contributed by atoms with Gasteiger partial charge in [0, 0.05) is 5.57 Å². The molecule has 0 N–H and O–H groups in total. The molecule has 0 saturated carbocycles. The maximum absolute atomic E-state index is 11.6. The molecule has 0 spiro atoms. The molecule has 0 heterocycles. The lowest BCUT2D eigenvalue weighted by Gasteiger charge is -2.29. The van der Waals surface area contributed by atoms with Crippen molar-refractivity contribution in [2.24, 2.45) is 0 Å². The molecule has 2 nitrogen and oxygen atoms in total. The zero-order valence-corrected chi connectivity index (χ0v) is 12.0. The molecule has 0 amide bonds. The second-order valence-corrected chi connectivity index (χ2v) is 5.18. The first-order valence-electron chi connectivity index (χ1n) is 6.84. The molecule has 0 aromatic rings. The third-order valence-corrected chi connectivity index (χ3v) is 3.03. The van der Waals surface area contributed by atoms with Crippen molar-refractivity contribution in [3.8, 4) is 0 Å². The van der Waals surface area contributed by atoms with E-state index in [4.69, 9.17) is 4.74 Å². The Morgan fingerprint density at radius 1 is 1.12 bits per heavy atom. The highest BCUT2D eigenvalue weighted by Crippen LogP contribution is 2.26. The van der Waals surface area contributed by atoms with E-state index in [0.29, 0.717) is 5.57 Å². The van der Waals surface area contributed by atoms with Crippen molar-refractivity contribution in [1.29, 1.82) is 0 Å². The van der Waals surface area contributed by atoms with Crippen LogP contribution in [0.2, 0.25) is 0 Å². The number of hydrogen-bond acceptors (Lipinski definition) is 2. The standard InChI is InChI=1S/C15H28O2/c1-6-8-9-10-12-15(5,11-7-2)17-14(16)13(3)4/h3,6-12H2,1-2,4-5H3. The van der Waals surface area contributed by atoms with Crippen molar-refractivity contribution < 1.29 is 9.53 Å². The minimum absolute atomic E-state index is 0.253. The number of ether oxygens (including phenoxy) is 1. The summed E-state index contributed by atoms with van der Waals surface area (Å²) in [6, 6.07) is 0. The average Bonchev–Trinajstić information content (AvgIpc) is 2.24.